The molecule has 2 heterocycles. The second-order valence-electron chi connectivity index (χ2n) is 9.92. The number of fused-ring (bicyclic) bond motifs is 1. The van der Waals surface area contributed by atoms with Gasteiger partial charge in [-0.15, -0.1) is 0 Å². The summed E-state index contributed by atoms with van der Waals surface area (Å²) in [5.41, 5.74) is 1.89. The third-order valence-corrected chi connectivity index (χ3v) is 6.06. The highest BCUT2D eigenvalue weighted by molar-refractivity contribution is 7.03. The molecule has 1 aliphatic rings. The summed E-state index contributed by atoms with van der Waals surface area (Å²) in [6.07, 6.45) is 1.68. The maximum Gasteiger partial charge on any atom is 0.407 e. The number of Topliss-reactive ketones (excluding diaryl/α,β-unsaturated/α-hetero) is 2. The largest absolute Gasteiger partial charge is 0.449 e. The van der Waals surface area contributed by atoms with Gasteiger partial charge in [-0.25, -0.2) is 4.79 Å². The van der Waals surface area contributed by atoms with Gasteiger partial charge in [-0.1, -0.05) is 34.6 Å². The van der Waals surface area contributed by atoms with E-state index in [1.54, 1.807) is 0 Å². The number of amides is 2. The summed E-state index contributed by atoms with van der Waals surface area (Å²) >= 11 is 1.39. The molecule has 2 unspecified atom stereocenters. The molecule has 1 aromatic rings. The van der Waals surface area contributed by atoms with Crippen LogP contribution in [0.4, 0.5) is 4.79 Å². The Morgan fingerprint density at radius 1 is 1.28 bits per heavy atom. The monoisotopic (exact) mass is 465 g/mol. The fourth-order valence-electron chi connectivity index (χ4n) is 3.56. The molecule has 1 aromatic heterocycles. The molecule has 0 saturated heterocycles. The van der Waals surface area contributed by atoms with Gasteiger partial charge in [-0.2, -0.15) is 4.37 Å². The number of carbonyl (C=O) groups is 4. The minimum absolute atomic E-state index is 0.0939. The molecular formula is C23H35N3O5S. The van der Waals surface area contributed by atoms with Gasteiger partial charge in [0, 0.05) is 30.7 Å². The minimum atomic E-state index is -0.788. The highest BCUT2D eigenvalue weighted by Crippen LogP contribution is 2.22. The predicted octanol–water partition coefficient (Wildman–Crippen LogP) is 3.08. The SMILES string of the molecule is CC(C)C(NC(=O)OCC(C)(C)C)C(=O)CC1CCCc2csnc2CCNC(=O)C1=O. The van der Waals surface area contributed by atoms with Gasteiger partial charge >= 0.3 is 6.09 Å². The van der Waals surface area contributed by atoms with Gasteiger partial charge in [0.15, 0.2) is 5.78 Å². The summed E-state index contributed by atoms with van der Waals surface area (Å²) in [6, 6.07) is -0.788. The zero-order chi connectivity index (χ0) is 23.9. The first kappa shape index (κ1) is 26.0. The molecule has 0 aliphatic carbocycles. The van der Waals surface area contributed by atoms with Crippen molar-refractivity contribution in [2.45, 2.75) is 72.8 Å². The van der Waals surface area contributed by atoms with Crippen LogP contribution < -0.4 is 10.6 Å². The zero-order valence-electron chi connectivity index (χ0n) is 19.7. The van der Waals surface area contributed by atoms with Crippen molar-refractivity contribution >= 4 is 35.1 Å². The van der Waals surface area contributed by atoms with E-state index in [-0.39, 0.29) is 30.1 Å². The van der Waals surface area contributed by atoms with Crippen molar-refractivity contribution in [2.24, 2.45) is 17.3 Å². The average molecular weight is 466 g/mol. The third kappa shape index (κ3) is 8.00. The van der Waals surface area contributed by atoms with Gasteiger partial charge < -0.3 is 15.4 Å². The number of hydrogen-bond donors (Lipinski definition) is 2. The Balaban J connectivity index is 2.06. The number of ketones is 2. The predicted molar refractivity (Wildman–Crippen MR) is 122 cm³/mol. The lowest BCUT2D eigenvalue weighted by Gasteiger charge is -2.24. The van der Waals surface area contributed by atoms with E-state index in [9.17, 15) is 19.2 Å². The molecule has 178 valence electrons. The fourth-order valence-corrected chi connectivity index (χ4v) is 4.33. The van der Waals surface area contributed by atoms with Gasteiger partial charge in [0.1, 0.15) is 0 Å². The Labute approximate surface area is 194 Å². The number of nitrogens with zero attached hydrogens (tertiary/aromatic N) is 1. The molecule has 2 N–H and O–H groups in total. The normalized spacial score (nSPS) is 18.9. The molecule has 0 saturated carbocycles. The van der Waals surface area contributed by atoms with E-state index in [2.05, 4.69) is 15.0 Å². The van der Waals surface area contributed by atoms with Crippen molar-refractivity contribution in [3.63, 3.8) is 0 Å². The lowest BCUT2D eigenvalue weighted by Crippen LogP contribution is -2.46. The molecule has 1 aliphatic heterocycles. The van der Waals surface area contributed by atoms with Crippen molar-refractivity contribution in [2.75, 3.05) is 13.2 Å². The Kier molecular flexibility index (Phi) is 9.36. The van der Waals surface area contributed by atoms with Gasteiger partial charge in [0.05, 0.1) is 18.3 Å². The van der Waals surface area contributed by atoms with E-state index in [4.69, 9.17) is 4.74 Å². The van der Waals surface area contributed by atoms with Crippen LogP contribution in [-0.2, 0) is 32.0 Å². The molecule has 0 aromatic carbocycles. The Morgan fingerprint density at radius 2 is 2.00 bits per heavy atom. The van der Waals surface area contributed by atoms with Gasteiger partial charge in [0.25, 0.3) is 5.91 Å². The molecule has 9 heteroatoms. The average Bonchev–Trinajstić information content (AvgIpc) is 3.14. The zero-order valence-corrected chi connectivity index (χ0v) is 20.5. The van der Waals surface area contributed by atoms with Crippen LogP contribution in [0.1, 0.15) is 65.1 Å². The number of rotatable bonds is 6. The summed E-state index contributed by atoms with van der Waals surface area (Å²) in [6.45, 7) is 10.0. The Bertz CT molecular complexity index is 828. The van der Waals surface area contributed by atoms with Crippen LogP contribution in [0.2, 0.25) is 0 Å². The minimum Gasteiger partial charge on any atom is -0.449 e. The van der Waals surface area contributed by atoms with E-state index in [0.717, 1.165) is 17.7 Å². The molecule has 2 amide bonds. The van der Waals surface area contributed by atoms with Crippen molar-refractivity contribution in [1.82, 2.24) is 15.0 Å². The first-order chi connectivity index (χ1) is 15.0. The van der Waals surface area contributed by atoms with E-state index >= 15 is 0 Å². The lowest BCUT2D eigenvalue weighted by molar-refractivity contribution is -0.141. The number of aromatic nitrogens is 1. The summed E-state index contributed by atoms with van der Waals surface area (Å²) in [4.78, 5) is 50.4. The Morgan fingerprint density at radius 3 is 2.66 bits per heavy atom. The number of hydrogen-bond acceptors (Lipinski definition) is 7. The first-order valence-electron chi connectivity index (χ1n) is 11.2. The van der Waals surface area contributed by atoms with Gasteiger partial charge in [-0.05, 0) is 47.7 Å². The maximum absolute atomic E-state index is 13.1. The first-order valence-corrected chi connectivity index (χ1v) is 12.0. The van der Waals surface area contributed by atoms with E-state index in [1.165, 1.54) is 11.5 Å². The van der Waals surface area contributed by atoms with E-state index in [0.29, 0.717) is 25.8 Å². The smallest absolute Gasteiger partial charge is 0.407 e. The molecule has 8 nitrogen and oxygen atoms in total. The lowest BCUT2D eigenvalue weighted by atomic mass is 9.86. The van der Waals surface area contributed by atoms with Crippen molar-refractivity contribution < 1.29 is 23.9 Å². The highest BCUT2D eigenvalue weighted by atomic mass is 32.1. The second-order valence-corrected chi connectivity index (χ2v) is 10.5. The number of ether oxygens (including phenoxy) is 1. The maximum atomic E-state index is 13.1. The van der Waals surface area contributed by atoms with Crippen molar-refractivity contribution in [3.05, 3.63) is 16.6 Å². The highest BCUT2D eigenvalue weighted by Gasteiger charge is 2.32. The van der Waals surface area contributed by atoms with E-state index in [1.807, 2.05) is 40.0 Å². The van der Waals surface area contributed by atoms with Crippen molar-refractivity contribution in [1.29, 1.82) is 0 Å². The van der Waals surface area contributed by atoms with Gasteiger partial charge in [-0.3, -0.25) is 14.4 Å². The Hall–Kier alpha value is -2.29. The molecule has 0 fully saturated rings. The van der Waals surface area contributed by atoms with E-state index < -0.39 is 29.7 Å². The fraction of sp³-hybridized carbons (Fsp3) is 0.696. The van der Waals surface area contributed by atoms with Crippen LogP contribution >= 0.6 is 11.5 Å². The number of carbonyl (C=O) groups excluding carboxylic acids is 4. The molecule has 32 heavy (non-hydrogen) atoms. The summed E-state index contributed by atoms with van der Waals surface area (Å²) in [7, 11) is 0. The van der Waals surface area contributed by atoms with Crippen molar-refractivity contribution in [3.8, 4) is 0 Å². The molecular weight excluding hydrogens is 430 g/mol. The number of aryl methyl sites for hydroxylation is 1. The van der Waals surface area contributed by atoms with Crippen LogP contribution in [0.15, 0.2) is 5.38 Å². The number of alkyl carbamates (subject to hydrolysis) is 1. The van der Waals surface area contributed by atoms with Crippen LogP contribution in [-0.4, -0.2) is 47.1 Å². The van der Waals surface area contributed by atoms with Crippen LogP contribution in [0.25, 0.3) is 0 Å². The molecule has 0 radical (unpaired) electrons. The third-order valence-electron chi connectivity index (χ3n) is 5.34. The summed E-state index contributed by atoms with van der Waals surface area (Å²) < 4.78 is 9.61. The van der Waals surface area contributed by atoms with Crippen LogP contribution in [0.5, 0.6) is 0 Å². The number of nitrogens with one attached hydrogen (secondary N) is 2. The van der Waals surface area contributed by atoms with Crippen LogP contribution in [0, 0.1) is 17.3 Å². The van der Waals surface area contributed by atoms with Crippen LogP contribution in [0.3, 0.4) is 0 Å². The summed E-state index contributed by atoms with van der Waals surface area (Å²) in [5.74, 6) is -2.42. The summed E-state index contributed by atoms with van der Waals surface area (Å²) in [5, 5.41) is 7.30. The molecule has 0 spiro atoms. The molecule has 2 atom stereocenters. The standard InChI is InChI=1S/C23H35N3O5S/c1-14(2)19(25-22(30)31-13-23(3,4)5)18(27)11-15-7-6-8-16-12-32-26-17(16)9-10-24-21(29)20(15)28/h12,14-15,19H,6-11,13H2,1-5H3,(H,24,29)(H,25,30). The quantitative estimate of drug-likeness (QED) is 0.624. The topological polar surface area (TPSA) is 114 Å². The second kappa shape index (κ2) is 11.5. The molecule has 0 bridgehead atoms. The van der Waals surface area contributed by atoms with Gasteiger partial charge in [0.2, 0.25) is 5.78 Å². The molecule has 2 rings (SSSR count).